The van der Waals surface area contributed by atoms with Crippen LogP contribution in [0.3, 0.4) is 0 Å². The number of amides is 1. The van der Waals surface area contributed by atoms with Crippen molar-refractivity contribution in [1.29, 1.82) is 0 Å². The monoisotopic (exact) mass is 474 g/mol. The van der Waals surface area contributed by atoms with Crippen LogP contribution in [0.25, 0.3) is 16.6 Å². The van der Waals surface area contributed by atoms with Gasteiger partial charge in [-0.3, -0.25) is 14.2 Å². The highest BCUT2D eigenvalue weighted by molar-refractivity contribution is 5.98. The first-order valence-electron chi connectivity index (χ1n) is 10.3. The quantitative estimate of drug-likeness (QED) is 0.446. The molecular formula is C22H18F4N6O2. The number of nitrogen functional groups attached to an aromatic ring is 1. The Balaban J connectivity index is 1.57. The van der Waals surface area contributed by atoms with Crippen molar-refractivity contribution in [3.8, 4) is 0 Å². The lowest BCUT2D eigenvalue weighted by Gasteiger charge is -2.39. The number of alkyl halides is 3. The molecule has 5 rings (SSSR count). The first kappa shape index (κ1) is 22.0. The summed E-state index contributed by atoms with van der Waals surface area (Å²) < 4.78 is 61.2. The van der Waals surface area contributed by atoms with E-state index in [4.69, 9.17) is 10.5 Å². The Bertz CT molecular complexity index is 1400. The summed E-state index contributed by atoms with van der Waals surface area (Å²) >= 11 is 0. The van der Waals surface area contributed by atoms with Gasteiger partial charge in [0.2, 0.25) is 0 Å². The predicted molar refractivity (Wildman–Crippen MR) is 113 cm³/mol. The molecule has 0 radical (unpaired) electrons. The summed E-state index contributed by atoms with van der Waals surface area (Å²) in [6.45, 7) is 1.97. The van der Waals surface area contributed by atoms with Crippen LogP contribution in [-0.2, 0) is 10.9 Å². The van der Waals surface area contributed by atoms with Crippen molar-refractivity contribution in [2.45, 2.75) is 25.2 Å². The van der Waals surface area contributed by atoms with E-state index in [9.17, 15) is 18.0 Å². The highest BCUT2D eigenvalue weighted by Crippen LogP contribution is 2.34. The summed E-state index contributed by atoms with van der Waals surface area (Å²) in [5.41, 5.74) is 6.16. The molecule has 1 aromatic carbocycles. The van der Waals surface area contributed by atoms with E-state index in [1.807, 2.05) is 0 Å². The van der Waals surface area contributed by atoms with E-state index >= 15 is 4.39 Å². The Morgan fingerprint density at radius 2 is 2.00 bits per heavy atom. The van der Waals surface area contributed by atoms with Crippen molar-refractivity contribution < 1.29 is 27.1 Å². The lowest BCUT2D eigenvalue weighted by atomic mass is 10.0. The van der Waals surface area contributed by atoms with Gasteiger partial charge in [-0.2, -0.15) is 13.2 Å². The van der Waals surface area contributed by atoms with E-state index < -0.39 is 35.6 Å². The number of hydrogen-bond donors (Lipinski definition) is 1. The lowest BCUT2D eigenvalue weighted by Crippen LogP contribution is -2.47. The number of halogens is 4. The summed E-state index contributed by atoms with van der Waals surface area (Å²) in [6.07, 6.45) is -1.43. The minimum absolute atomic E-state index is 0.106. The number of carbonyl (C=O) groups is 1. The SMILES string of the molecule is C[C@@H]1OCCN(C(=O)c2cc3c(cc2F)nc(N)c2cncn23)[C@H]1c1ccc(C(F)(F)F)cn1. The van der Waals surface area contributed by atoms with Crippen LogP contribution in [-0.4, -0.2) is 49.4 Å². The molecule has 1 saturated heterocycles. The van der Waals surface area contributed by atoms with Crippen molar-refractivity contribution in [2.75, 3.05) is 18.9 Å². The van der Waals surface area contributed by atoms with Crippen LogP contribution >= 0.6 is 0 Å². The van der Waals surface area contributed by atoms with Crippen molar-refractivity contribution in [2.24, 2.45) is 0 Å². The van der Waals surface area contributed by atoms with Gasteiger partial charge in [-0.1, -0.05) is 0 Å². The van der Waals surface area contributed by atoms with Crippen LogP contribution in [0, 0.1) is 5.82 Å². The average Bonchev–Trinajstić information content (AvgIpc) is 3.29. The third kappa shape index (κ3) is 3.59. The normalized spacial score (nSPS) is 19.1. The van der Waals surface area contributed by atoms with E-state index in [2.05, 4.69) is 15.0 Å². The van der Waals surface area contributed by atoms with Gasteiger partial charge in [0.1, 0.15) is 23.2 Å². The zero-order valence-electron chi connectivity index (χ0n) is 17.8. The zero-order chi connectivity index (χ0) is 24.2. The fourth-order valence-corrected chi connectivity index (χ4v) is 4.21. The number of nitrogens with zero attached hydrogens (tertiary/aromatic N) is 5. The Hall–Kier alpha value is -3.80. The highest BCUT2D eigenvalue weighted by Gasteiger charge is 2.37. The molecule has 12 heteroatoms. The third-order valence-corrected chi connectivity index (χ3v) is 5.87. The van der Waals surface area contributed by atoms with Gasteiger partial charge in [0.15, 0.2) is 0 Å². The molecule has 0 saturated carbocycles. The number of benzene rings is 1. The summed E-state index contributed by atoms with van der Waals surface area (Å²) in [5, 5.41) is 0. The van der Waals surface area contributed by atoms with Crippen LogP contribution in [0.2, 0.25) is 0 Å². The second kappa shape index (κ2) is 7.90. The fraction of sp³-hybridized carbons (Fsp3) is 0.273. The lowest BCUT2D eigenvalue weighted by molar-refractivity contribution is -0.137. The highest BCUT2D eigenvalue weighted by atomic mass is 19.4. The molecule has 1 aliphatic heterocycles. The number of carbonyl (C=O) groups excluding carboxylic acids is 1. The maximum Gasteiger partial charge on any atom is 0.417 e. The van der Waals surface area contributed by atoms with Gasteiger partial charge in [0.05, 0.1) is 53.1 Å². The van der Waals surface area contributed by atoms with Crippen LogP contribution in [0.1, 0.15) is 34.6 Å². The van der Waals surface area contributed by atoms with Crippen molar-refractivity contribution in [1.82, 2.24) is 24.3 Å². The average molecular weight is 474 g/mol. The van der Waals surface area contributed by atoms with Gasteiger partial charge in [0, 0.05) is 18.8 Å². The molecule has 1 amide bonds. The maximum absolute atomic E-state index is 15.1. The number of pyridine rings is 1. The number of aromatic nitrogens is 4. The predicted octanol–water partition coefficient (Wildman–Crippen LogP) is 3.62. The number of anilines is 1. The second-order valence-corrected chi connectivity index (χ2v) is 7.96. The van der Waals surface area contributed by atoms with E-state index in [1.165, 1.54) is 29.6 Å². The van der Waals surface area contributed by atoms with Gasteiger partial charge < -0.3 is 15.4 Å². The van der Waals surface area contributed by atoms with Gasteiger partial charge in [-0.25, -0.2) is 14.4 Å². The molecule has 1 fully saturated rings. The fourth-order valence-electron chi connectivity index (χ4n) is 4.21. The van der Waals surface area contributed by atoms with E-state index in [0.717, 1.165) is 12.1 Å². The summed E-state index contributed by atoms with van der Waals surface area (Å²) in [7, 11) is 0. The summed E-state index contributed by atoms with van der Waals surface area (Å²) in [5.74, 6) is -1.28. The van der Waals surface area contributed by atoms with Crippen molar-refractivity contribution >= 4 is 28.3 Å². The van der Waals surface area contributed by atoms with Gasteiger partial charge in [0.25, 0.3) is 5.91 Å². The number of nitrogens with two attached hydrogens (primary N) is 1. The number of ether oxygens (including phenoxy) is 1. The Morgan fingerprint density at radius 1 is 1.21 bits per heavy atom. The summed E-state index contributed by atoms with van der Waals surface area (Å²) in [4.78, 5) is 27.0. The van der Waals surface area contributed by atoms with Gasteiger partial charge in [-0.05, 0) is 25.1 Å². The topological polar surface area (TPSA) is 98.6 Å². The molecule has 0 unspecified atom stereocenters. The van der Waals surface area contributed by atoms with E-state index in [-0.39, 0.29) is 35.7 Å². The molecular weight excluding hydrogens is 456 g/mol. The number of imidazole rings is 1. The number of hydrogen-bond acceptors (Lipinski definition) is 6. The molecule has 3 aromatic heterocycles. The zero-order valence-corrected chi connectivity index (χ0v) is 17.8. The molecule has 2 N–H and O–H groups in total. The first-order chi connectivity index (χ1) is 16.1. The number of rotatable bonds is 2. The minimum Gasteiger partial charge on any atom is -0.382 e. The number of fused-ring (bicyclic) bond motifs is 3. The molecule has 176 valence electrons. The molecule has 4 aromatic rings. The Morgan fingerprint density at radius 3 is 2.71 bits per heavy atom. The summed E-state index contributed by atoms with van der Waals surface area (Å²) in [6, 6.07) is 3.78. The minimum atomic E-state index is -4.54. The smallest absolute Gasteiger partial charge is 0.382 e. The molecule has 34 heavy (non-hydrogen) atoms. The molecule has 0 spiro atoms. The molecule has 0 bridgehead atoms. The molecule has 8 nitrogen and oxygen atoms in total. The number of morpholine rings is 1. The van der Waals surface area contributed by atoms with Gasteiger partial charge in [-0.15, -0.1) is 0 Å². The van der Waals surface area contributed by atoms with Gasteiger partial charge >= 0.3 is 6.18 Å². The van der Waals surface area contributed by atoms with E-state index in [0.29, 0.717) is 17.2 Å². The van der Waals surface area contributed by atoms with Crippen molar-refractivity contribution in [3.63, 3.8) is 0 Å². The standard InChI is InChI=1S/C22H18F4N6O2/c1-11-19(15-3-2-12(8-29-15)22(24,25)26)31(4-5-34-11)21(33)13-6-17-16(7-14(13)23)30-20(27)18-9-28-10-32(17)18/h2-3,6-11,19H,4-5H2,1H3,(H2,27,30)/t11-,19+/m0/s1. The van der Waals surface area contributed by atoms with Crippen LogP contribution in [0.5, 0.6) is 0 Å². The Kier molecular flexibility index (Phi) is 5.12. The van der Waals surface area contributed by atoms with Crippen LogP contribution in [0.15, 0.2) is 43.0 Å². The largest absolute Gasteiger partial charge is 0.417 e. The molecule has 1 aliphatic rings. The second-order valence-electron chi connectivity index (χ2n) is 7.96. The maximum atomic E-state index is 15.1. The van der Waals surface area contributed by atoms with Crippen molar-refractivity contribution in [3.05, 3.63) is 65.6 Å². The van der Waals surface area contributed by atoms with Crippen LogP contribution in [0.4, 0.5) is 23.4 Å². The first-order valence-corrected chi connectivity index (χ1v) is 10.3. The van der Waals surface area contributed by atoms with E-state index in [1.54, 1.807) is 11.3 Å². The molecule has 4 heterocycles. The van der Waals surface area contributed by atoms with Crippen LogP contribution < -0.4 is 5.73 Å². The molecule has 2 atom stereocenters. The molecule has 0 aliphatic carbocycles. The third-order valence-electron chi connectivity index (χ3n) is 5.87. The Labute approximate surface area is 190 Å².